The fourth-order valence-corrected chi connectivity index (χ4v) is 4.17. The molecule has 20 heavy (non-hydrogen) atoms. The first kappa shape index (κ1) is 16.3. The zero-order chi connectivity index (χ0) is 14.4. The van der Waals surface area contributed by atoms with Crippen molar-refractivity contribution in [1.29, 1.82) is 0 Å². The highest BCUT2D eigenvalue weighted by Gasteiger charge is 2.54. The quantitative estimate of drug-likeness (QED) is 0.677. The van der Waals surface area contributed by atoms with Gasteiger partial charge in [-0.3, -0.25) is 0 Å². The molecule has 2 nitrogen and oxygen atoms in total. The Morgan fingerprint density at radius 3 is 2.40 bits per heavy atom. The summed E-state index contributed by atoms with van der Waals surface area (Å²) in [5.41, 5.74) is 0.119. The fraction of sp³-hybridized carbons (Fsp3) is 1.00. The van der Waals surface area contributed by atoms with E-state index in [2.05, 4.69) is 13.8 Å². The third kappa shape index (κ3) is 3.76. The molecule has 3 atom stereocenters. The van der Waals surface area contributed by atoms with Crippen LogP contribution in [0.1, 0.15) is 90.9 Å². The Bertz CT molecular complexity index is 269. The summed E-state index contributed by atoms with van der Waals surface area (Å²) in [6, 6.07) is 0. The van der Waals surface area contributed by atoms with Crippen molar-refractivity contribution < 1.29 is 9.84 Å². The predicted molar refractivity (Wildman–Crippen MR) is 83.9 cm³/mol. The molecule has 0 bridgehead atoms. The molecule has 118 valence electrons. The van der Waals surface area contributed by atoms with E-state index in [1.165, 1.54) is 70.6 Å². The molecule has 0 saturated heterocycles. The van der Waals surface area contributed by atoms with E-state index < -0.39 is 0 Å². The molecule has 0 amide bonds. The number of rotatable bonds is 7. The fourth-order valence-electron chi connectivity index (χ4n) is 4.17. The summed E-state index contributed by atoms with van der Waals surface area (Å²) < 4.78 is 6.33. The van der Waals surface area contributed by atoms with Gasteiger partial charge in [0.15, 0.2) is 0 Å². The topological polar surface area (TPSA) is 29.5 Å². The molecule has 0 aromatic heterocycles. The minimum absolute atomic E-state index is 0.0992. The molecule has 2 aliphatic rings. The Hall–Kier alpha value is -0.0800. The van der Waals surface area contributed by atoms with Crippen molar-refractivity contribution in [3.05, 3.63) is 0 Å². The standard InChI is InChI=1S/C18H34O2/c1-3-4-5-8-11-15(2)20-17-14-16(19)18(17)12-9-6-7-10-13-18/h15-17,19H,3-14H2,1-2H3. The van der Waals surface area contributed by atoms with Gasteiger partial charge in [0.25, 0.3) is 0 Å². The van der Waals surface area contributed by atoms with Crippen LogP contribution in [0.3, 0.4) is 0 Å². The van der Waals surface area contributed by atoms with Crippen LogP contribution in [0.2, 0.25) is 0 Å². The van der Waals surface area contributed by atoms with E-state index in [0.717, 1.165) is 6.42 Å². The van der Waals surface area contributed by atoms with Crippen LogP contribution in [0.25, 0.3) is 0 Å². The predicted octanol–water partition coefficient (Wildman–Crippen LogP) is 4.84. The Morgan fingerprint density at radius 1 is 1.10 bits per heavy atom. The first-order valence-corrected chi connectivity index (χ1v) is 9.02. The monoisotopic (exact) mass is 282 g/mol. The normalized spacial score (nSPS) is 30.8. The maximum absolute atomic E-state index is 10.3. The van der Waals surface area contributed by atoms with Gasteiger partial charge in [-0.25, -0.2) is 0 Å². The molecular weight excluding hydrogens is 248 g/mol. The molecular formula is C18H34O2. The number of ether oxygens (including phenoxy) is 1. The second-order valence-corrected chi connectivity index (χ2v) is 7.18. The average molecular weight is 282 g/mol. The third-order valence-electron chi connectivity index (χ3n) is 5.64. The molecule has 1 N–H and O–H groups in total. The number of unbranched alkanes of at least 4 members (excludes halogenated alkanes) is 3. The Morgan fingerprint density at radius 2 is 1.80 bits per heavy atom. The van der Waals surface area contributed by atoms with Gasteiger partial charge in [-0.1, -0.05) is 58.3 Å². The smallest absolute Gasteiger partial charge is 0.0684 e. The highest BCUT2D eigenvalue weighted by Crippen LogP contribution is 2.52. The zero-order valence-electron chi connectivity index (χ0n) is 13.6. The lowest BCUT2D eigenvalue weighted by molar-refractivity contribution is -0.214. The van der Waals surface area contributed by atoms with Crippen LogP contribution in [-0.4, -0.2) is 23.4 Å². The third-order valence-corrected chi connectivity index (χ3v) is 5.64. The lowest BCUT2D eigenvalue weighted by Gasteiger charge is -2.54. The van der Waals surface area contributed by atoms with E-state index in [-0.39, 0.29) is 11.5 Å². The van der Waals surface area contributed by atoms with E-state index in [1.807, 2.05) is 0 Å². The van der Waals surface area contributed by atoms with Gasteiger partial charge in [-0.2, -0.15) is 0 Å². The second-order valence-electron chi connectivity index (χ2n) is 7.18. The van der Waals surface area contributed by atoms with Gasteiger partial charge in [-0.05, 0) is 26.2 Å². The summed E-state index contributed by atoms with van der Waals surface area (Å²) in [7, 11) is 0. The largest absolute Gasteiger partial charge is 0.392 e. The summed E-state index contributed by atoms with van der Waals surface area (Å²) in [4.78, 5) is 0. The molecule has 0 aromatic carbocycles. The van der Waals surface area contributed by atoms with Gasteiger partial charge >= 0.3 is 0 Å². The van der Waals surface area contributed by atoms with Crippen molar-refractivity contribution >= 4 is 0 Å². The molecule has 2 heteroatoms. The van der Waals surface area contributed by atoms with Crippen molar-refractivity contribution in [2.45, 2.75) is 109 Å². The molecule has 1 spiro atoms. The molecule has 0 aliphatic heterocycles. The van der Waals surface area contributed by atoms with E-state index in [1.54, 1.807) is 0 Å². The van der Waals surface area contributed by atoms with Crippen molar-refractivity contribution in [2.75, 3.05) is 0 Å². The van der Waals surface area contributed by atoms with Crippen molar-refractivity contribution in [3.8, 4) is 0 Å². The van der Waals surface area contributed by atoms with Crippen LogP contribution in [0.15, 0.2) is 0 Å². The number of hydrogen-bond acceptors (Lipinski definition) is 2. The maximum atomic E-state index is 10.3. The minimum atomic E-state index is -0.0992. The van der Waals surface area contributed by atoms with Crippen LogP contribution >= 0.6 is 0 Å². The van der Waals surface area contributed by atoms with Gasteiger partial charge in [0.2, 0.25) is 0 Å². The maximum Gasteiger partial charge on any atom is 0.0684 e. The van der Waals surface area contributed by atoms with Gasteiger partial charge in [0.05, 0.1) is 18.3 Å². The summed E-state index contributed by atoms with van der Waals surface area (Å²) >= 11 is 0. The van der Waals surface area contributed by atoms with Gasteiger partial charge in [0.1, 0.15) is 0 Å². The van der Waals surface area contributed by atoms with Gasteiger partial charge in [-0.15, -0.1) is 0 Å². The van der Waals surface area contributed by atoms with Crippen LogP contribution in [0.4, 0.5) is 0 Å². The lowest BCUT2D eigenvalue weighted by atomic mass is 9.59. The summed E-state index contributed by atoms with van der Waals surface area (Å²) in [5, 5.41) is 10.3. The Balaban J connectivity index is 1.77. The average Bonchev–Trinajstić information content (AvgIpc) is 2.71. The van der Waals surface area contributed by atoms with Gasteiger partial charge in [0, 0.05) is 11.8 Å². The molecule has 0 radical (unpaired) electrons. The number of aliphatic hydroxyl groups excluding tert-OH is 1. The summed E-state index contributed by atoms with van der Waals surface area (Å²) in [6.07, 6.45) is 15.5. The van der Waals surface area contributed by atoms with E-state index >= 15 is 0 Å². The molecule has 2 rings (SSSR count). The highest BCUT2D eigenvalue weighted by molar-refractivity contribution is 5.04. The Labute approximate surface area is 125 Å². The zero-order valence-corrected chi connectivity index (χ0v) is 13.6. The minimum Gasteiger partial charge on any atom is -0.392 e. The first-order valence-electron chi connectivity index (χ1n) is 9.02. The van der Waals surface area contributed by atoms with E-state index in [9.17, 15) is 5.11 Å². The van der Waals surface area contributed by atoms with Crippen molar-refractivity contribution in [3.63, 3.8) is 0 Å². The summed E-state index contributed by atoms with van der Waals surface area (Å²) in [6.45, 7) is 4.48. The molecule has 2 aliphatic carbocycles. The molecule has 2 fully saturated rings. The van der Waals surface area contributed by atoms with Crippen LogP contribution in [0.5, 0.6) is 0 Å². The number of hydrogen-bond donors (Lipinski definition) is 1. The van der Waals surface area contributed by atoms with Crippen LogP contribution < -0.4 is 0 Å². The van der Waals surface area contributed by atoms with Crippen molar-refractivity contribution in [1.82, 2.24) is 0 Å². The van der Waals surface area contributed by atoms with E-state index in [0.29, 0.717) is 12.2 Å². The summed E-state index contributed by atoms with van der Waals surface area (Å²) in [5.74, 6) is 0. The van der Waals surface area contributed by atoms with Crippen LogP contribution in [0, 0.1) is 5.41 Å². The second kappa shape index (κ2) is 7.79. The van der Waals surface area contributed by atoms with E-state index in [4.69, 9.17) is 4.74 Å². The molecule has 3 unspecified atom stereocenters. The SMILES string of the molecule is CCCCCCC(C)OC1CC(O)C12CCCCCC2. The molecule has 0 aromatic rings. The number of aliphatic hydroxyl groups is 1. The molecule has 2 saturated carbocycles. The van der Waals surface area contributed by atoms with Crippen LogP contribution in [-0.2, 0) is 4.74 Å². The Kier molecular flexibility index (Phi) is 6.35. The first-order chi connectivity index (χ1) is 9.69. The van der Waals surface area contributed by atoms with Crippen molar-refractivity contribution in [2.24, 2.45) is 5.41 Å². The van der Waals surface area contributed by atoms with Gasteiger partial charge < -0.3 is 9.84 Å². The highest BCUT2D eigenvalue weighted by atomic mass is 16.5. The molecule has 0 heterocycles. The lowest BCUT2D eigenvalue weighted by Crippen LogP contribution is -2.58.